The van der Waals surface area contributed by atoms with E-state index >= 15 is 0 Å². The Morgan fingerprint density at radius 3 is 2.33 bits per heavy atom. The number of benzene rings is 1. The molecule has 4 atom stereocenters. The van der Waals surface area contributed by atoms with E-state index in [1.165, 1.54) is 18.6 Å². The lowest BCUT2D eigenvalue weighted by atomic mass is 9.73. The van der Waals surface area contributed by atoms with Crippen molar-refractivity contribution in [3.63, 3.8) is 0 Å². The molecule has 2 fully saturated rings. The fraction of sp³-hybridized carbons (Fsp3) is 0.462. The fourth-order valence-corrected chi connectivity index (χ4v) is 4.67. The van der Waals surface area contributed by atoms with Gasteiger partial charge in [-0.25, -0.2) is 4.98 Å². The second kappa shape index (κ2) is 12.8. The first-order chi connectivity index (χ1) is 18.7. The first-order valence-electron chi connectivity index (χ1n) is 13.0. The number of hydrogen-bond donors (Lipinski definition) is 3. The number of rotatable bonds is 9. The summed E-state index contributed by atoms with van der Waals surface area (Å²) in [6, 6.07) is 6.92. The van der Waals surface area contributed by atoms with Crippen LogP contribution >= 0.6 is 0 Å². The summed E-state index contributed by atoms with van der Waals surface area (Å²) in [7, 11) is 0.363. The third-order valence-corrected chi connectivity index (χ3v) is 6.75. The van der Waals surface area contributed by atoms with Crippen LogP contribution in [0.4, 0.5) is 0 Å². The molecule has 1 aromatic heterocycles. The summed E-state index contributed by atoms with van der Waals surface area (Å²) >= 11 is 0. The minimum atomic E-state index is -1.32. The predicted molar refractivity (Wildman–Crippen MR) is 141 cm³/mol. The van der Waals surface area contributed by atoms with Crippen LogP contribution in [0.2, 0.25) is 0 Å². The average molecular weight is 536 g/mol. The van der Waals surface area contributed by atoms with Gasteiger partial charge in [0.1, 0.15) is 23.8 Å². The standard InChI is InChI=1S/C26H33BN6O6/c1-16(2)11-22(27-38-25(36)20-14-29-15-21(33(20)3)26(37)39-27)32-23(34)18(12-17-7-5-4-6-8-17)31-24(35)19-13-28-9-10-30-19/h4-10,13,16,18,20-22,29H,11-12,14-15H2,1-3H3,(H,31,35)(H,32,34)/t18?,20-,21-,22?/m0/s1. The number of fused-ring (bicyclic) bond motifs is 2. The van der Waals surface area contributed by atoms with Gasteiger partial charge < -0.3 is 25.3 Å². The fourth-order valence-electron chi connectivity index (χ4n) is 4.67. The molecule has 0 saturated carbocycles. The van der Waals surface area contributed by atoms with Crippen molar-refractivity contribution in [3.8, 4) is 0 Å². The summed E-state index contributed by atoms with van der Waals surface area (Å²) in [4.78, 5) is 62.1. The minimum absolute atomic E-state index is 0.0590. The quantitative estimate of drug-likeness (QED) is 0.366. The average Bonchev–Trinajstić information content (AvgIpc) is 2.92. The van der Waals surface area contributed by atoms with Gasteiger partial charge in [-0.15, -0.1) is 0 Å². The van der Waals surface area contributed by atoms with Crippen molar-refractivity contribution in [1.82, 2.24) is 30.8 Å². The van der Waals surface area contributed by atoms with E-state index in [1.54, 1.807) is 11.9 Å². The Hall–Kier alpha value is -3.84. The molecule has 2 amide bonds. The Balaban J connectivity index is 1.56. The van der Waals surface area contributed by atoms with Gasteiger partial charge >= 0.3 is 19.1 Å². The zero-order chi connectivity index (χ0) is 27.9. The molecule has 3 N–H and O–H groups in total. The van der Waals surface area contributed by atoms with Gasteiger partial charge in [-0.2, -0.15) is 0 Å². The van der Waals surface area contributed by atoms with Crippen molar-refractivity contribution < 1.29 is 28.5 Å². The third kappa shape index (κ3) is 7.18. The van der Waals surface area contributed by atoms with Crippen LogP contribution in [0.25, 0.3) is 0 Å². The Labute approximate surface area is 227 Å². The van der Waals surface area contributed by atoms with Crippen molar-refractivity contribution in [1.29, 1.82) is 0 Å². The molecule has 2 saturated heterocycles. The van der Waals surface area contributed by atoms with Crippen LogP contribution < -0.4 is 16.0 Å². The molecule has 0 aliphatic carbocycles. The molecule has 39 heavy (non-hydrogen) atoms. The number of nitrogens with zero attached hydrogens (tertiary/aromatic N) is 3. The Morgan fingerprint density at radius 1 is 1.08 bits per heavy atom. The maximum Gasteiger partial charge on any atom is 0.622 e. The number of piperazine rings is 1. The predicted octanol–water partition coefficient (Wildman–Crippen LogP) is -0.252. The highest BCUT2D eigenvalue weighted by Crippen LogP contribution is 2.19. The second-order valence-electron chi connectivity index (χ2n) is 10.1. The zero-order valence-electron chi connectivity index (χ0n) is 22.2. The SMILES string of the molecule is CC(C)CC(NC(=O)C(Cc1ccccc1)NC(=O)c1cnccn1)B1OC(=O)[C@@H]2CNC[C@@H](C(=O)O1)N2C. The highest BCUT2D eigenvalue weighted by atomic mass is 16.6. The van der Waals surface area contributed by atoms with Crippen molar-refractivity contribution in [3.05, 3.63) is 60.2 Å². The van der Waals surface area contributed by atoms with Crippen LogP contribution in [0.5, 0.6) is 0 Å². The summed E-state index contributed by atoms with van der Waals surface area (Å²) in [6.07, 6.45) is 4.69. The second-order valence-corrected chi connectivity index (χ2v) is 10.1. The molecule has 3 heterocycles. The monoisotopic (exact) mass is 536 g/mol. The van der Waals surface area contributed by atoms with Gasteiger partial charge in [-0.3, -0.25) is 29.1 Å². The highest BCUT2D eigenvalue weighted by Gasteiger charge is 2.48. The first kappa shape index (κ1) is 28.2. The molecule has 0 radical (unpaired) electrons. The molecule has 12 nitrogen and oxygen atoms in total. The smallest absolute Gasteiger partial charge is 0.497 e. The summed E-state index contributed by atoms with van der Waals surface area (Å²) in [5, 5.41) is 8.69. The largest absolute Gasteiger partial charge is 0.622 e. The van der Waals surface area contributed by atoms with E-state index in [0.29, 0.717) is 19.5 Å². The van der Waals surface area contributed by atoms with Crippen LogP contribution in [0, 0.1) is 5.92 Å². The molecule has 2 unspecified atom stereocenters. The normalized spacial score (nSPS) is 21.2. The van der Waals surface area contributed by atoms with Crippen LogP contribution in [0.15, 0.2) is 48.9 Å². The van der Waals surface area contributed by atoms with E-state index in [4.69, 9.17) is 9.31 Å². The van der Waals surface area contributed by atoms with E-state index in [1.807, 2.05) is 44.2 Å². The van der Waals surface area contributed by atoms with Crippen molar-refractivity contribution in [2.45, 2.75) is 50.8 Å². The van der Waals surface area contributed by atoms with Gasteiger partial charge in [0.25, 0.3) is 5.91 Å². The van der Waals surface area contributed by atoms with Gasteiger partial charge in [-0.1, -0.05) is 44.2 Å². The van der Waals surface area contributed by atoms with Crippen LogP contribution in [0.1, 0.15) is 36.3 Å². The van der Waals surface area contributed by atoms with Gasteiger partial charge in [0.15, 0.2) is 0 Å². The Bertz CT molecular complexity index is 1140. The summed E-state index contributed by atoms with van der Waals surface area (Å²) < 4.78 is 11.3. The van der Waals surface area contributed by atoms with Crippen LogP contribution in [0.3, 0.4) is 0 Å². The maximum atomic E-state index is 13.7. The highest BCUT2D eigenvalue weighted by molar-refractivity contribution is 6.51. The summed E-state index contributed by atoms with van der Waals surface area (Å²) in [5.41, 5.74) is 0.888. The van der Waals surface area contributed by atoms with Crippen molar-refractivity contribution in [2.24, 2.45) is 5.92 Å². The number of amides is 2. The lowest BCUT2D eigenvalue weighted by Gasteiger charge is -2.40. The van der Waals surface area contributed by atoms with Crippen LogP contribution in [-0.2, 0) is 30.1 Å². The lowest BCUT2D eigenvalue weighted by molar-refractivity contribution is -0.156. The molecular formula is C26H33BN6O6. The molecule has 2 bridgehead atoms. The number of carbonyl (C=O) groups excluding carboxylic acids is 4. The number of likely N-dealkylation sites (N-methyl/N-ethyl adjacent to an activating group) is 1. The molecule has 2 aromatic rings. The minimum Gasteiger partial charge on any atom is -0.497 e. The Morgan fingerprint density at radius 2 is 1.74 bits per heavy atom. The summed E-state index contributed by atoms with van der Waals surface area (Å²) in [6.45, 7) is 4.55. The molecule has 206 valence electrons. The van der Waals surface area contributed by atoms with E-state index in [2.05, 4.69) is 25.9 Å². The van der Waals surface area contributed by atoms with Gasteiger partial charge in [0.05, 0.1) is 12.1 Å². The molecule has 1 aromatic carbocycles. The first-order valence-corrected chi connectivity index (χ1v) is 13.0. The van der Waals surface area contributed by atoms with E-state index in [0.717, 1.165) is 5.56 Å². The summed E-state index contributed by atoms with van der Waals surface area (Å²) in [5.74, 6) is -2.96. The van der Waals surface area contributed by atoms with Gasteiger partial charge in [-0.05, 0) is 24.9 Å². The number of carbonyl (C=O) groups is 4. The third-order valence-electron chi connectivity index (χ3n) is 6.75. The molecule has 2 aliphatic rings. The molecule has 2 aliphatic heterocycles. The number of hydrogen-bond acceptors (Lipinski definition) is 10. The van der Waals surface area contributed by atoms with Gasteiger partial charge in [0.2, 0.25) is 5.91 Å². The maximum absolute atomic E-state index is 13.7. The van der Waals surface area contributed by atoms with Gasteiger partial charge in [0, 0.05) is 31.9 Å². The van der Waals surface area contributed by atoms with E-state index < -0.39 is 54.9 Å². The topological polar surface area (TPSA) is 152 Å². The zero-order valence-corrected chi connectivity index (χ0v) is 22.2. The Kier molecular flexibility index (Phi) is 9.26. The molecule has 4 rings (SSSR count). The molecule has 0 spiro atoms. The molecule has 13 heteroatoms. The molecular weight excluding hydrogens is 503 g/mol. The van der Waals surface area contributed by atoms with E-state index in [-0.39, 0.29) is 18.0 Å². The van der Waals surface area contributed by atoms with E-state index in [9.17, 15) is 19.2 Å². The van der Waals surface area contributed by atoms with Crippen molar-refractivity contribution in [2.75, 3.05) is 20.1 Å². The lowest BCUT2D eigenvalue weighted by Crippen LogP contribution is -2.66. The van der Waals surface area contributed by atoms with Crippen molar-refractivity contribution >= 4 is 30.9 Å². The number of aromatic nitrogens is 2. The number of nitrogens with one attached hydrogen (secondary N) is 3. The van der Waals surface area contributed by atoms with Crippen LogP contribution in [-0.4, -0.2) is 89.9 Å².